The number of anilines is 1. The highest BCUT2D eigenvalue weighted by atomic mass is 16.4. The number of carboxylic acid groups (broad SMARTS) is 1. The molecule has 2 rings (SSSR count). The largest absolute Gasteiger partial charge is 0.477 e. The van der Waals surface area contributed by atoms with Gasteiger partial charge in [0, 0.05) is 11.7 Å². The van der Waals surface area contributed by atoms with Crippen LogP contribution in [0.3, 0.4) is 0 Å². The summed E-state index contributed by atoms with van der Waals surface area (Å²) in [6.07, 6.45) is 4.73. The number of aromatic nitrogens is 1. The van der Waals surface area contributed by atoms with E-state index in [1.807, 2.05) is 6.92 Å². The zero-order chi connectivity index (χ0) is 14.7. The summed E-state index contributed by atoms with van der Waals surface area (Å²) in [7, 11) is 0. The highest BCUT2D eigenvalue weighted by Crippen LogP contribution is 2.27. The number of aryl methyl sites for hydroxylation is 1. The Kier molecular flexibility index (Phi) is 4.32. The fraction of sp³-hybridized carbons (Fsp3) is 0.571. The summed E-state index contributed by atoms with van der Waals surface area (Å²) in [6, 6.07) is 1.36. The number of aromatic carboxylic acids is 1. The van der Waals surface area contributed by atoms with Crippen molar-refractivity contribution in [3.63, 3.8) is 0 Å². The molecular weight excluding hydrogens is 258 g/mol. The van der Waals surface area contributed by atoms with Gasteiger partial charge in [-0.05, 0) is 38.7 Å². The van der Waals surface area contributed by atoms with Crippen LogP contribution in [-0.4, -0.2) is 28.1 Å². The first kappa shape index (κ1) is 14.4. The average Bonchev–Trinajstić information content (AvgIpc) is 2.98. The first-order valence-corrected chi connectivity index (χ1v) is 6.98. The summed E-state index contributed by atoms with van der Waals surface area (Å²) in [5, 5.41) is 14.5. The van der Waals surface area contributed by atoms with E-state index in [2.05, 4.69) is 15.6 Å². The van der Waals surface area contributed by atoms with Gasteiger partial charge >= 0.3 is 12.0 Å². The van der Waals surface area contributed by atoms with Crippen molar-refractivity contribution in [2.24, 2.45) is 5.92 Å². The Labute approximate surface area is 118 Å². The molecule has 1 saturated carbocycles. The van der Waals surface area contributed by atoms with E-state index in [-0.39, 0.29) is 17.8 Å². The van der Waals surface area contributed by atoms with Gasteiger partial charge in [-0.15, -0.1) is 0 Å². The molecule has 1 aliphatic carbocycles. The Morgan fingerprint density at radius 3 is 2.65 bits per heavy atom. The number of carboxylic acids is 1. The first-order valence-electron chi connectivity index (χ1n) is 6.98. The third-order valence-corrected chi connectivity index (χ3v) is 3.88. The van der Waals surface area contributed by atoms with Crippen LogP contribution >= 0.6 is 0 Å². The molecule has 1 aromatic rings. The van der Waals surface area contributed by atoms with Gasteiger partial charge in [0.25, 0.3) is 0 Å². The van der Waals surface area contributed by atoms with Crippen LogP contribution < -0.4 is 10.6 Å². The van der Waals surface area contributed by atoms with Gasteiger partial charge in [0.15, 0.2) is 0 Å². The standard InChI is InChI=1S/C14H21N3O3/c1-8-7-11(12(15-8)13(18)19)17-14(20)16-9(2)10-5-3-4-6-10/h7,9-10,15H,3-6H2,1-2H3,(H,18,19)(H2,16,17,20). The van der Waals surface area contributed by atoms with Crippen LogP contribution in [-0.2, 0) is 0 Å². The van der Waals surface area contributed by atoms with Crippen molar-refractivity contribution in [3.8, 4) is 0 Å². The molecule has 0 spiro atoms. The fourth-order valence-electron chi connectivity index (χ4n) is 2.80. The lowest BCUT2D eigenvalue weighted by Crippen LogP contribution is -2.40. The van der Waals surface area contributed by atoms with Gasteiger partial charge in [0.1, 0.15) is 5.69 Å². The smallest absolute Gasteiger partial charge is 0.354 e. The quantitative estimate of drug-likeness (QED) is 0.682. The normalized spacial score (nSPS) is 16.9. The molecule has 0 aromatic carbocycles. The minimum absolute atomic E-state index is 0.00571. The molecule has 1 heterocycles. The Hall–Kier alpha value is -1.98. The van der Waals surface area contributed by atoms with Crippen molar-refractivity contribution in [2.75, 3.05) is 5.32 Å². The predicted octanol–water partition coefficient (Wildman–Crippen LogP) is 2.72. The molecule has 1 atom stereocenters. The highest BCUT2D eigenvalue weighted by molar-refractivity contribution is 5.99. The Balaban J connectivity index is 1.95. The summed E-state index contributed by atoms with van der Waals surface area (Å²) in [5.74, 6) is -0.565. The molecule has 0 aliphatic heterocycles. The lowest BCUT2D eigenvalue weighted by Gasteiger charge is -2.20. The molecule has 6 nitrogen and oxygen atoms in total. The van der Waals surface area contributed by atoms with Gasteiger partial charge in [-0.3, -0.25) is 0 Å². The van der Waals surface area contributed by atoms with Crippen LogP contribution in [0.4, 0.5) is 10.5 Å². The van der Waals surface area contributed by atoms with E-state index < -0.39 is 5.97 Å². The lowest BCUT2D eigenvalue weighted by molar-refractivity contribution is 0.0692. The van der Waals surface area contributed by atoms with Gasteiger partial charge in [0.2, 0.25) is 0 Å². The molecule has 0 bridgehead atoms. The highest BCUT2D eigenvalue weighted by Gasteiger charge is 2.23. The number of amides is 2. The molecule has 1 unspecified atom stereocenters. The SMILES string of the molecule is Cc1cc(NC(=O)NC(C)C2CCCC2)c(C(=O)O)[nH]1. The van der Waals surface area contributed by atoms with Gasteiger partial charge < -0.3 is 20.7 Å². The van der Waals surface area contributed by atoms with E-state index >= 15 is 0 Å². The molecule has 1 aromatic heterocycles. The maximum Gasteiger partial charge on any atom is 0.354 e. The van der Waals surface area contributed by atoms with E-state index in [1.54, 1.807) is 13.0 Å². The van der Waals surface area contributed by atoms with E-state index in [9.17, 15) is 9.59 Å². The second kappa shape index (κ2) is 5.98. The van der Waals surface area contributed by atoms with Crippen LogP contribution in [0.1, 0.15) is 48.8 Å². The summed E-state index contributed by atoms with van der Waals surface area (Å²) in [6.45, 7) is 3.74. The number of hydrogen-bond donors (Lipinski definition) is 4. The first-order chi connectivity index (χ1) is 9.47. The molecule has 6 heteroatoms. The summed E-state index contributed by atoms with van der Waals surface area (Å²) >= 11 is 0. The van der Waals surface area contributed by atoms with E-state index in [0.717, 1.165) is 12.8 Å². The Bertz CT molecular complexity index is 504. The lowest BCUT2D eigenvalue weighted by atomic mass is 10.0. The molecular formula is C14H21N3O3. The van der Waals surface area contributed by atoms with Crippen molar-refractivity contribution < 1.29 is 14.7 Å². The van der Waals surface area contributed by atoms with Gasteiger partial charge in [-0.2, -0.15) is 0 Å². The second-order valence-electron chi connectivity index (χ2n) is 5.48. The predicted molar refractivity (Wildman–Crippen MR) is 76.1 cm³/mol. The zero-order valence-electron chi connectivity index (χ0n) is 11.8. The van der Waals surface area contributed by atoms with Crippen molar-refractivity contribution in [1.29, 1.82) is 0 Å². The van der Waals surface area contributed by atoms with E-state index in [0.29, 0.717) is 17.3 Å². The van der Waals surface area contributed by atoms with Crippen LogP contribution in [0.15, 0.2) is 6.07 Å². The number of H-pyrrole nitrogens is 1. The Morgan fingerprint density at radius 1 is 1.40 bits per heavy atom. The zero-order valence-corrected chi connectivity index (χ0v) is 11.8. The molecule has 2 amide bonds. The minimum Gasteiger partial charge on any atom is -0.477 e. The molecule has 0 saturated heterocycles. The molecule has 20 heavy (non-hydrogen) atoms. The summed E-state index contributed by atoms with van der Waals surface area (Å²) in [4.78, 5) is 25.7. The third kappa shape index (κ3) is 3.31. The molecule has 1 aliphatic rings. The Morgan fingerprint density at radius 2 is 2.05 bits per heavy atom. The van der Waals surface area contributed by atoms with Gasteiger partial charge in [0.05, 0.1) is 5.69 Å². The number of rotatable bonds is 4. The maximum absolute atomic E-state index is 11.9. The number of aromatic amines is 1. The second-order valence-corrected chi connectivity index (χ2v) is 5.48. The molecule has 4 N–H and O–H groups in total. The van der Waals surface area contributed by atoms with Crippen molar-refractivity contribution >= 4 is 17.7 Å². The van der Waals surface area contributed by atoms with Crippen LogP contribution in [0.5, 0.6) is 0 Å². The summed E-state index contributed by atoms with van der Waals surface area (Å²) < 4.78 is 0. The monoisotopic (exact) mass is 279 g/mol. The number of hydrogen-bond acceptors (Lipinski definition) is 2. The third-order valence-electron chi connectivity index (χ3n) is 3.88. The number of nitrogens with one attached hydrogen (secondary N) is 3. The van der Waals surface area contributed by atoms with Gasteiger partial charge in [-0.1, -0.05) is 12.8 Å². The van der Waals surface area contributed by atoms with E-state index in [1.165, 1.54) is 12.8 Å². The van der Waals surface area contributed by atoms with Crippen LogP contribution in [0.2, 0.25) is 0 Å². The average molecular weight is 279 g/mol. The molecule has 110 valence electrons. The van der Waals surface area contributed by atoms with Gasteiger partial charge in [-0.25, -0.2) is 9.59 Å². The number of carbonyl (C=O) groups excluding carboxylic acids is 1. The number of urea groups is 1. The minimum atomic E-state index is -1.09. The van der Waals surface area contributed by atoms with Crippen LogP contribution in [0.25, 0.3) is 0 Å². The topological polar surface area (TPSA) is 94.2 Å². The maximum atomic E-state index is 11.9. The molecule has 0 radical (unpaired) electrons. The van der Waals surface area contributed by atoms with Crippen LogP contribution in [0, 0.1) is 12.8 Å². The summed E-state index contributed by atoms with van der Waals surface area (Å²) in [5.41, 5.74) is 0.999. The molecule has 1 fully saturated rings. The van der Waals surface area contributed by atoms with Crippen molar-refractivity contribution in [3.05, 3.63) is 17.5 Å². The number of carbonyl (C=O) groups is 2. The fourth-order valence-corrected chi connectivity index (χ4v) is 2.80. The van der Waals surface area contributed by atoms with Crippen molar-refractivity contribution in [1.82, 2.24) is 10.3 Å². The van der Waals surface area contributed by atoms with Crippen molar-refractivity contribution in [2.45, 2.75) is 45.6 Å². The van der Waals surface area contributed by atoms with E-state index in [4.69, 9.17) is 5.11 Å².